The van der Waals surface area contributed by atoms with Crippen molar-refractivity contribution in [3.63, 3.8) is 0 Å². The summed E-state index contributed by atoms with van der Waals surface area (Å²) >= 11 is 0. The largest absolute Gasteiger partial charge is 0.457 e. The fraction of sp³-hybridized carbons (Fsp3) is 0.300. The Morgan fingerprint density at radius 1 is 1.04 bits per heavy atom. The van der Waals surface area contributed by atoms with E-state index in [2.05, 4.69) is 0 Å². The van der Waals surface area contributed by atoms with Crippen molar-refractivity contribution >= 4 is 12.0 Å². The number of nitriles is 1. The number of carbonyl (C=O) groups is 1. The second-order valence-electron chi connectivity index (χ2n) is 5.94. The minimum absolute atomic E-state index is 0.130. The second-order valence-corrected chi connectivity index (χ2v) is 5.94. The summed E-state index contributed by atoms with van der Waals surface area (Å²) in [5, 5.41) is 9.38. The second kappa shape index (κ2) is 7.65. The van der Waals surface area contributed by atoms with Crippen LogP contribution < -0.4 is 0 Å². The predicted octanol–water partition coefficient (Wildman–Crippen LogP) is 4.26. The van der Waals surface area contributed by atoms with Crippen molar-refractivity contribution in [1.82, 2.24) is 4.90 Å². The van der Waals surface area contributed by atoms with Crippen molar-refractivity contribution in [2.75, 3.05) is 13.1 Å². The maximum Gasteiger partial charge on any atom is 0.264 e. The Hall–Kier alpha value is -2.80. The number of nitrogens with zero attached hydrogens (tertiary/aromatic N) is 2. The molecule has 1 aromatic heterocycles. The van der Waals surface area contributed by atoms with Gasteiger partial charge in [-0.2, -0.15) is 5.26 Å². The van der Waals surface area contributed by atoms with E-state index in [0.717, 1.165) is 50.1 Å². The third kappa shape index (κ3) is 3.75. The fourth-order valence-electron chi connectivity index (χ4n) is 2.92. The summed E-state index contributed by atoms with van der Waals surface area (Å²) < 4.78 is 5.77. The Labute approximate surface area is 142 Å². The third-order valence-corrected chi connectivity index (χ3v) is 4.22. The van der Waals surface area contributed by atoms with Gasteiger partial charge in [0, 0.05) is 24.7 Å². The van der Waals surface area contributed by atoms with E-state index < -0.39 is 0 Å². The van der Waals surface area contributed by atoms with Gasteiger partial charge in [0.05, 0.1) is 0 Å². The van der Waals surface area contributed by atoms with Crippen molar-refractivity contribution in [3.05, 3.63) is 53.8 Å². The van der Waals surface area contributed by atoms with Gasteiger partial charge in [-0.25, -0.2) is 0 Å². The van der Waals surface area contributed by atoms with E-state index >= 15 is 0 Å². The molecule has 0 radical (unpaired) electrons. The summed E-state index contributed by atoms with van der Waals surface area (Å²) in [5.41, 5.74) is 1.10. The van der Waals surface area contributed by atoms with Crippen LogP contribution in [0.3, 0.4) is 0 Å². The number of benzene rings is 1. The Bertz CT molecular complexity index is 760. The first kappa shape index (κ1) is 16.1. The molecule has 0 saturated carbocycles. The number of amides is 1. The zero-order chi connectivity index (χ0) is 16.8. The van der Waals surface area contributed by atoms with E-state index in [1.165, 1.54) is 0 Å². The van der Waals surface area contributed by atoms with Gasteiger partial charge in [0.15, 0.2) is 0 Å². The average molecular weight is 320 g/mol. The molecule has 1 aromatic carbocycles. The van der Waals surface area contributed by atoms with E-state index in [-0.39, 0.29) is 11.5 Å². The van der Waals surface area contributed by atoms with Gasteiger partial charge in [0.25, 0.3) is 5.91 Å². The Morgan fingerprint density at radius 2 is 1.75 bits per heavy atom. The van der Waals surface area contributed by atoms with E-state index in [1.54, 1.807) is 17.0 Å². The van der Waals surface area contributed by atoms with Gasteiger partial charge < -0.3 is 9.32 Å². The van der Waals surface area contributed by atoms with Crippen LogP contribution in [-0.4, -0.2) is 23.9 Å². The van der Waals surface area contributed by atoms with Gasteiger partial charge in [-0.1, -0.05) is 43.2 Å². The van der Waals surface area contributed by atoms with E-state index in [1.807, 2.05) is 42.5 Å². The van der Waals surface area contributed by atoms with Crippen LogP contribution in [0.15, 0.2) is 52.5 Å². The van der Waals surface area contributed by atoms with Crippen LogP contribution in [0.1, 0.15) is 31.4 Å². The zero-order valence-electron chi connectivity index (χ0n) is 13.6. The molecule has 4 heteroatoms. The topological polar surface area (TPSA) is 57.2 Å². The van der Waals surface area contributed by atoms with E-state index in [4.69, 9.17) is 4.42 Å². The number of furan rings is 1. The maximum atomic E-state index is 12.6. The molecule has 1 fully saturated rings. The SMILES string of the molecule is N#C/C(=C/c1ccc(-c2ccccc2)o1)C(=O)N1CCCCCC1. The average Bonchev–Trinajstić information content (AvgIpc) is 2.92. The molecule has 2 aromatic rings. The van der Waals surface area contributed by atoms with Gasteiger partial charge in [0.2, 0.25) is 0 Å². The highest BCUT2D eigenvalue weighted by Crippen LogP contribution is 2.23. The van der Waals surface area contributed by atoms with Crippen molar-refractivity contribution in [2.24, 2.45) is 0 Å². The molecule has 1 amide bonds. The van der Waals surface area contributed by atoms with Crippen molar-refractivity contribution < 1.29 is 9.21 Å². The van der Waals surface area contributed by atoms with Gasteiger partial charge in [-0.3, -0.25) is 4.79 Å². The summed E-state index contributed by atoms with van der Waals surface area (Å²) in [6.45, 7) is 1.45. The van der Waals surface area contributed by atoms with Gasteiger partial charge in [-0.15, -0.1) is 0 Å². The first-order chi connectivity index (χ1) is 11.8. The minimum Gasteiger partial charge on any atom is -0.457 e. The molecular weight excluding hydrogens is 300 g/mol. The molecule has 1 saturated heterocycles. The summed E-state index contributed by atoms with van der Waals surface area (Å²) in [4.78, 5) is 14.3. The molecule has 3 rings (SSSR count). The number of hydrogen-bond donors (Lipinski definition) is 0. The molecular formula is C20H20N2O2. The first-order valence-corrected chi connectivity index (χ1v) is 8.34. The van der Waals surface area contributed by atoms with Crippen LogP contribution in [0, 0.1) is 11.3 Å². The van der Waals surface area contributed by atoms with Crippen LogP contribution in [0.2, 0.25) is 0 Å². The quantitative estimate of drug-likeness (QED) is 0.627. The molecule has 1 aliphatic rings. The predicted molar refractivity (Wildman–Crippen MR) is 92.8 cm³/mol. The van der Waals surface area contributed by atoms with E-state index in [9.17, 15) is 10.1 Å². The molecule has 0 N–H and O–H groups in total. The summed E-state index contributed by atoms with van der Waals surface area (Å²) in [5.74, 6) is 1.05. The van der Waals surface area contributed by atoms with Crippen molar-refractivity contribution in [1.29, 1.82) is 5.26 Å². The van der Waals surface area contributed by atoms with E-state index in [0.29, 0.717) is 5.76 Å². The third-order valence-electron chi connectivity index (χ3n) is 4.22. The fourth-order valence-corrected chi connectivity index (χ4v) is 2.92. The minimum atomic E-state index is -0.197. The zero-order valence-corrected chi connectivity index (χ0v) is 13.6. The molecule has 0 spiro atoms. The lowest BCUT2D eigenvalue weighted by Crippen LogP contribution is -2.32. The highest BCUT2D eigenvalue weighted by Gasteiger charge is 2.20. The first-order valence-electron chi connectivity index (χ1n) is 8.34. The highest BCUT2D eigenvalue weighted by molar-refractivity contribution is 6.01. The molecule has 24 heavy (non-hydrogen) atoms. The molecule has 0 atom stereocenters. The van der Waals surface area contributed by atoms with Gasteiger partial charge in [-0.05, 0) is 25.0 Å². The summed E-state index contributed by atoms with van der Waals surface area (Å²) in [6, 6.07) is 15.4. The molecule has 0 bridgehead atoms. The standard InChI is InChI=1S/C20H20N2O2/c21-15-17(20(23)22-12-6-1-2-7-13-22)14-18-10-11-19(24-18)16-8-4-3-5-9-16/h3-5,8-11,14H,1-2,6-7,12-13H2/b17-14-. The molecule has 0 aliphatic carbocycles. The molecule has 4 nitrogen and oxygen atoms in total. The van der Waals surface area contributed by atoms with Crippen molar-refractivity contribution in [2.45, 2.75) is 25.7 Å². The van der Waals surface area contributed by atoms with Crippen LogP contribution in [0.25, 0.3) is 17.4 Å². The highest BCUT2D eigenvalue weighted by atomic mass is 16.3. The number of hydrogen-bond acceptors (Lipinski definition) is 3. The van der Waals surface area contributed by atoms with Gasteiger partial charge in [0.1, 0.15) is 23.2 Å². The lowest BCUT2D eigenvalue weighted by atomic mass is 10.2. The van der Waals surface area contributed by atoms with Crippen LogP contribution >= 0.6 is 0 Å². The van der Waals surface area contributed by atoms with Crippen molar-refractivity contribution in [3.8, 4) is 17.4 Å². The van der Waals surface area contributed by atoms with Crippen LogP contribution in [-0.2, 0) is 4.79 Å². The number of likely N-dealkylation sites (tertiary alicyclic amines) is 1. The van der Waals surface area contributed by atoms with Crippen LogP contribution in [0.4, 0.5) is 0 Å². The molecule has 2 heterocycles. The smallest absolute Gasteiger partial charge is 0.264 e. The summed E-state index contributed by atoms with van der Waals surface area (Å²) in [7, 11) is 0. The lowest BCUT2D eigenvalue weighted by Gasteiger charge is -2.19. The molecule has 1 aliphatic heterocycles. The number of carbonyl (C=O) groups excluding carboxylic acids is 1. The molecule has 0 unspecified atom stereocenters. The Morgan fingerprint density at radius 3 is 2.42 bits per heavy atom. The Balaban J connectivity index is 1.79. The Kier molecular flexibility index (Phi) is 5.12. The van der Waals surface area contributed by atoms with Crippen LogP contribution in [0.5, 0.6) is 0 Å². The maximum absolute atomic E-state index is 12.6. The normalized spacial score (nSPS) is 15.6. The monoisotopic (exact) mass is 320 g/mol. The lowest BCUT2D eigenvalue weighted by molar-refractivity contribution is -0.126. The number of rotatable bonds is 3. The molecule has 122 valence electrons. The summed E-state index contributed by atoms with van der Waals surface area (Å²) in [6.07, 6.45) is 5.84. The van der Waals surface area contributed by atoms with Gasteiger partial charge >= 0.3 is 0 Å².